The van der Waals surface area contributed by atoms with E-state index < -0.39 is 15.9 Å². The van der Waals surface area contributed by atoms with Crippen molar-refractivity contribution in [2.75, 3.05) is 32.5 Å². The number of nitrogens with one attached hydrogen (secondary N) is 1. The van der Waals surface area contributed by atoms with Gasteiger partial charge in [-0.15, -0.1) is 0 Å². The summed E-state index contributed by atoms with van der Waals surface area (Å²) in [7, 11) is -3.68. The van der Waals surface area contributed by atoms with Crippen LogP contribution in [0.15, 0.2) is 46.9 Å². The van der Waals surface area contributed by atoms with Crippen LogP contribution in [0.5, 0.6) is 5.75 Å². The second-order valence-corrected chi connectivity index (χ2v) is 11.2. The molecule has 0 aliphatic carbocycles. The molecule has 1 N–H and O–H groups in total. The third-order valence-electron chi connectivity index (χ3n) is 5.70. The highest BCUT2D eigenvalue weighted by molar-refractivity contribution is 9.10. The van der Waals surface area contributed by atoms with Crippen LogP contribution in [-0.2, 0) is 32.6 Å². The van der Waals surface area contributed by atoms with E-state index in [9.17, 15) is 22.4 Å². The second-order valence-electron chi connectivity index (χ2n) is 8.53. The topological polar surface area (TPSA) is 96.0 Å². The Morgan fingerprint density at radius 3 is 2.54 bits per heavy atom. The Hall–Kier alpha value is -2.50. The standard InChI is InChI=1S/C24H29BrFN3O5S/c1-3-21-15-28(14-17-4-7-20(26)8-5-17)10-11-29(21)24(31)16-34-22-9-6-19(25)12-18(22)13-23(30)27-35(2,32)33/h4-9,12,21H,3,10-11,13-16H2,1-2H3,(H,27,30). The Labute approximate surface area is 213 Å². The van der Waals surface area contributed by atoms with Crippen molar-refractivity contribution in [2.24, 2.45) is 0 Å². The first-order valence-electron chi connectivity index (χ1n) is 11.2. The number of hydrogen-bond acceptors (Lipinski definition) is 6. The van der Waals surface area contributed by atoms with E-state index in [1.807, 2.05) is 16.5 Å². The average Bonchev–Trinajstić information content (AvgIpc) is 2.78. The molecule has 0 saturated carbocycles. The van der Waals surface area contributed by atoms with Gasteiger partial charge < -0.3 is 9.64 Å². The van der Waals surface area contributed by atoms with Crippen molar-refractivity contribution < 1.29 is 27.1 Å². The summed E-state index contributed by atoms with van der Waals surface area (Å²) < 4.78 is 44.2. The molecule has 2 amide bonds. The molecular formula is C24H29BrFN3O5S. The number of benzene rings is 2. The Morgan fingerprint density at radius 1 is 1.17 bits per heavy atom. The van der Waals surface area contributed by atoms with Crippen LogP contribution in [0.3, 0.4) is 0 Å². The van der Waals surface area contributed by atoms with Crippen molar-refractivity contribution in [1.29, 1.82) is 0 Å². The Kier molecular flexibility index (Phi) is 9.26. The van der Waals surface area contributed by atoms with Gasteiger partial charge in [0.1, 0.15) is 11.6 Å². The smallest absolute Gasteiger partial charge is 0.260 e. The number of carbonyl (C=O) groups excluding carboxylic acids is 2. The summed E-state index contributed by atoms with van der Waals surface area (Å²) in [6, 6.07) is 11.5. The van der Waals surface area contributed by atoms with Crippen LogP contribution in [0.1, 0.15) is 24.5 Å². The summed E-state index contributed by atoms with van der Waals surface area (Å²) in [6.07, 6.45) is 1.47. The molecule has 35 heavy (non-hydrogen) atoms. The lowest BCUT2D eigenvalue weighted by molar-refractivity contribution is -0.138. The number of halogens is 2. The first kappa shape index (κ1) is 27.1. The fourth-order valence-corrected chi connectivity index (χ4v) is 4.95. The number of sulfonamides is 1. The molecule has 1 aliphatic rings. The van der Waals surface area contributed by atoms with Gasteiger partial charge in [-0.3, -0.25) is 19.2 Å². The molecular weight excluding hydrogens is 541 g/mol. The molecule has 1 fully saturated rings. The lowest BCUT2D eigenvalue weighted by Crippen LogP contribution is -2.55. The van der Waals surface area contributed by atoms with Crippen LogP contribution in [-0.4, -0.2) is 68.6 Å². The fourth-order valence-electron chi connectivity index (χ4n) is 4.05. The molecule has 190 valence electrons. The molecule has 11 heteroatoms. The number of carbonyl (C=O) groups is 2. The Balaban J connectivity index is 1.60. The summed E-state index contributed by atoms with van der Waals surface area (Å²) in [5, 5.41) is 0. The van der Waals surface area contributed by atoms with E-state index in [2.05, 4.69) is 20.8 Å². The molecule has 0 aromatic heterocycles. The second kappa shape index (κ2) is 12.0. The van der Waals surface area contributed by atoms with E-state index in [4.69, 9.17) is 4.74 Å². The number of hydrogen-bond donors (Lipinski definition) is 1. The van der Waals surface area contributed by atoms with E-state index >= 15 is 0 Å². The molecule has 1 heterocycles. The minimum Gasteiger partial charge on any atom is -0.483 e. The van der Waals surface area contributed by atoms with Crippen LogP contribution < -0.4 is 9.46 Å². The molecule has 2 aromatic carbocycles. The third-order valence-corrected chi connectivity index (χ3v) is 6.79. The zero-order valence-corrected chi connectivity index (χ0v) is 22.1. The van der Waals surface area contributed by atoms with Crippen LogP contribution in [0.4, 0.5) is 4.39 Å². The maximum absolute atomic E-state index is 13.2. The minimum atomic E-state index is -3.68. The molecule has 1 saturated heterocycles. The van der Waals surface area contributed by atoms with E-state index in [1.54, 1.807) is 30.3 Å². The van der Waals surface area contributed by atoms with Gasteiger partial charge in [0.2, 0.25) is 15.9 Å². The first-order valence-corrected chi connectivity index (χ1v) is 13.9. The summed E-state index contributed by atoms with van der Waals surface area (Å²) in [4.78, 5) is 29.1. The van der Waals surface area contributed by atoms with Crippen LogP contribution >= 0.6 is 15.9 Å². The predicted octanol–water partition coefficient (Wildman–Crippen LogP) is 2.71. The third kappa shape index (κ3) is 8.29. The summed E-state index contributed by atoms with van der Waals surface area (Å²) in [5.74, 6) is -0.772. The van der Waals surface area contributed by atoms with Crippen LogP contribution in [0, 0.1) is 5.82 Å². The van der Waals surface area contributed by atoms with Gasteiger partial charge in [-0.25, -0.2) is 12.8 Å². The van der Waals surface area contributed by atoms with Crippen molar-refractivity contribution in [2.45, 2.75) is 32.4 Å². The monoisotopic (exact) mass is 569 g/mol. The van der Waals surface area contributed by atoms with E-state index in [0.29, 0.717) is 42.0 Å². The van der Waals surface area contributed by atoms with Gasteiger partial charge in [-0.2, -0.15) is 0 Å². The molecule has 8 nitrogen and oxygen atoms in total. The molecule has 2 aromatic rings. The van der Waals surface area contributed by atoms with Crippen molar-refractivity contribution in [3.05, 3.63) is 63.9 Å². The van der Waals surface area contributed by atoms with Gasteiger partial charge >= 0.3 is 0 Å². The largest absolute Gasteiger partial charge is 0.483 e. The number of rotatable bonds is 9. The zero-order chi connectivity index (χ0) is 25.6. The number of ether oxygens (including phenoxy) is 1. The molecule has 1 unspecified atom stereocenters. The lowest BCUT2D eigenvalue weighted by Gasteiger charge is -2.41. The van der Waals surface area contributed by atoms with Crippen LogP contribution in [0.25, 0.3) is 0 Å². The summed E-state index contributed by atoms with van der Waals surface area (Å²) >= 11 is 3.34. The molecule has 0 bridgehead atoms. The van der Waals surface area contributed by atoms with Crippen molar-refractivity contribution >= 4 is 37.8 Å². The Bertz CT molecular complexity index is 1160. The SMILES string of the molecule is CCC1CN(Cc2ccc(F)cc2)CCN1C(=O)COc1ccc(Br)cc1CC(=O)NS(C)(=O)=O. The van der Waals surface area contributed by atoms with Crippen molar-refractivity contribution in [3.8, 4) is 5.75 Å². The molecule has 0 radical (unpaired) electrons. The van der Waals surface area contributed by atoms with Crippen LogP contribution in [0.2, 0.25) is 0 Å². The molecule has 3 rings (SSSR count). The van der Waals surface area contributed by atoms with Gasteiger partial charge in [0.15, 0.2) is 6.61 Å². The predicted molar refractivity (Wildman–Crippen MR) is 134 cm³/mol. The zero-order valence-electron chi connectivity index (χ0n) is 19.7. The normalized spacial score (nSPS) is 16.7. The van der Waals surface area contributed by atoms with Gasteiger partial charge in [0.05, 0.1) is 12.7 Å². The van der Waals surface area contributed by atoms with E-state index in [-0.39, 0.29) is 30.8 Å². The quantitative estimate of drug-likeness (QED) is 0.499. The number of nitrogens with zero attached hydrogens (tertiary/aromatic N) is 2. The molecule has 0 spiro atoms. The lowest BCUT2D eigenvalue weighted by atomic mass is 10.1. The van der Waals surface area contributed by atoms with Gasteiger partial charge in [-0.1, -0.05) is 35.0 Å². The molecule has 1 aliphatic heterocycles. The fraction of sp³-hybridized carbons (Fsp3) is 0.417. The maximum atomic E-state index is 13.2. The average molecular weight is 570 g/mol. The van der Waals surface area contributed by atoms with E-state index in [1.165, 1.54) is 12.1 Å². The van der Waals surface area contributed by atoms with E-state index in [0.717, 1.165) is 18.2 Å². The number of piperazine rings is 1. The van der Waals surface area contributed by atoms with Crippen molar-refractivity contribution in [1.82, 2.24) is 14.5 Å². The minimum absolute atomic E-state index is 0.0187. The first-order chi connectivity index (χ1) is 16.5. The highest BCUT2D eigenvalue weighted by Crippen LogP contribution is 2.24. The molecule has 1 atom stereocenters. The highest BCUT2D eigenvalue weighted by atomic mass is 79.9. The summed E-state index contributed by atoms with van der Waals surface area (Å²) in [6.45, 7) is 4.46. The maximum Gasteiger partial charge on any atom is 0.260 e. The van der Waals surface area contributed by atoms with Gasteiger partial charge in [0.25, 0.3) is 5.91 Å². The van der Waals surface area contributed by atoms with Gasteiger partial charge in [0, 0.05) is 42.3 Å². The number of amides is 2. The summed E-state index contributed by atoms with van der Waals surface area (Å²) in [5.41, 5.74) is 1.48. The van der Waals surface area contributed by atoms with Gasteiger partial charge in [-0.05, 0) is 42.3 Å². The highest BCUT2D eigenvalue weighted by Gasteiger charge is 2.29. The van der Waals surface area contributed by atoms with Crippen molar-refractivity contribution in [3.63, 3.8) is 0 Å². The Morgan fingerprint density at radius 2 is 1.89 bits per heavy atom.